The number of benzene rings is 1. The number of piperidine rings is 1. The van der Waals surface area contributed by atoms with E-state index in [2.05, 4.69) is 15.5 Å². The maximum absolute atomic E-state index is 12.7. The zero-order chi connectivity index (χ0) is 17.0. The van der Waals surface area contributed by atoms with Crippen LogP contribution >= 0.6 is 0 Å². The van der Waals surface area contributed by atoms with Crippen molar-refractivity contribution in [2.24, 2.45) is 5.92 Å². The van der Waals surface area contributed by atoms with Crippen LogP contribution in [0.2, 0.25) is 0 Å². The zero-order valence-electron chi connectivity index (χ0n) is 13.3. The lowest BCUT2D eigenvalue weighted by Gasteiger charge is -2.39. The van der Waals surface area contributed by atoms with E-state index < -0.39 is 11.7 Å². The highest BCUT2D eigenvalue weighted by Gasteiger charge is 2.33. The Labute approximate surface area is 134 Å². The Kier molecular flexibility index (Phi) is 5.51. The molecule has 4 nitrogen and oxygen atoms in total. The standard InChI is InChI=1S/C16H22F3N3O/c1-20-15(23)21-10-12-4-3-9-22(2)14(12)11-5-7-13(8-6-11)16(17,18)19/h5-8,12,14H,3-4,9-10H2,1-2H3,(H2,20,21,23)/t12-,14-/m1/s1. The van der Waals surface area contributed by atoms with Crippen LogP contribution < -0.4 is 10.6 Å². The summed E-state index contributed by atoms with van der Waals surface area (Å²) in [6.45, 7) is 1.39. The monoisotopic (exact) mass is 329 g/mol. The van der Waals surface area contributed by atoms with Crippen molar-refractivity contribution in [1.29, 1.82) is 0 Å². The van der Waals surface area contributed by atoms with E-state index in [-0.39, 0.29) is 18.0 Å². The summed E-state index contributed by atoms with van der Waals surface area (Å²) in [5.74, 6) is 0.169. The van der Waals surface area contributed by atoms with E-state index >= 15 is 0 Å². The van der Waals surface area contributed by atoms with Crippen molar-refractivity contribution in [3.63, 3.8) is 0 Å². The number of hydrogen-bond acceptors (Lipinski definition) is 2. The summed E-state index contributed by atoms with van der Waals surface area (Å²) in [5, 5.41) is 5.31. The molecule has 0 bridgehead atoms. The maximum atomic E-state index is 12.7. The first-order valence-corrected chi connectivity index (χ1v) is 7.66. The van der Waals surface area contributed by atoms with E-state index in [1.807, 2.05) is 7.05 Å². The molecule has 23 heavy (non-hydrogen) atoms. The van der Waals surface area contributed by atoms with E-state index in [0.717, 1.165) is 37.1 Å². The first kappa shape index (κ1) is 17.6. The number of amides is 2. The number of halogens is 3. The molecule has 0 aromatic heterocycles. The van der Waals surface area contributed by atoms with Gasteiger partial charge in [-0.2, -0.15) is 13.2 Å². The Balaban J connectivity index is 2.16. The average Bonchev–Trinajstić information content (AvgIpc) is 2.52. The van der Waals surface area contributed by atoms with Gasteiger partial charge in [0.15, 0.2) is 0 Å². The minimum atomic E-state index is -4.32. The number of likely N-dealkylation sites (tertiary alicyclic amines) is 1. The second-order valence-corrected chi connectivity index (χ2v) is 5.91. The number of hydrogen-bond donors (Lipinski definition) is 2. The van der Waals surface area contributed by atoms with Crippen LogP contribution in [-0.4, -0.2) is 38.1 Å². The Bertz CT molecular complexity index is 530. The average molecular weight is 329 g/mol. The second kappa shape index (κ2) is 7.21. The van der Waals surface area contributed by atoms with Gasteiger partial charge in [-0.25, -0.2) is 4.79 Å². The number of urea groups is 1. The third-order valence-corrected chi connectivity index (χ3v) is 4.34. The van der Waals surface area contributed by atoms with Crippen molar-refractivity contribution in [1.82, 2.24) is 15.5 Å². The van der Waals surface area contributed by atoms with Crippen molar-refractivity contribution < 1.29 is 18.0 Å². The molecule has 0 aliphatic carbocycles. The molecule has 7 heteroatoms. The van der Waals surface area contributed by atoms with Gasteiger partial charge in [-0.1, -0.05) is 12.1 Å². The zero-order valence-corrected chi connectivity index (χ0v) is 13.3. The molecule has 2 amide bonds. The summed E-state index contributed by atoms with van der Waals surface area (Å²) in [6, 6.07) is 5.10. The van der Waals surface area contributed by atoms with Gasteiger partial charge in [-0.05, 0) is 50.0 Å². The van der Waals surface area contributed by atoms with Gasteiger partial charge in [0.2, 0.25) is 0 Å². The maximum Gasteiger partial charge on any atom is 0.416 e. The fraction of sp³-hybridized carbons (Fsp3) is 0.562. The Hall–Kier alpha value is -1.76. The first-order chi connectivity index (χ1) is 10.8. The third-order valence-electron chi connectivity index (χ3n) is 4.34. The highest BCUT2D eigenvalue weighted by Crippen LogP contribution is 2.36. The molecule has 1 aromatic rings. The molecule has 2 N–H and O–H groups in total. The van der Waals surface area contributed by atoms with Crippen LogP contribution in [0.5, 0.6) is 0 Å². The minimum absolute atomic E-state index is 0.00295. The van der Waals surface area contributed by atoms with Crippen molar-refractivity contribution in [3.05, 3.63) is 35.4 Å². The van der Waals surface area contributed by atoms with E-state index in [1.165, 1.54) is 0 Å². The van der Waals surface area contributed by atoms with Crippen molar-refractivity contribution in [2.45, 2.75) is 25.1 Å². The summed E-state index contributed by atoms with van der Waals surface area (Å²) in [5.41, 5.74) is 0.212. The fourth-order valence-corrected chi connectivity index (χ4v) is 3.18. The van der Waals surface area contributed by atoms with Gasteiger partial charge in [0.1, 0.15) is 0 Å². The van der Waals surface area contributed by atoms with E-state index in [9.17, 15) is 18.0 Å². The highest BCUT2D eigenvalue weighted by atomic mass is 19.4. The van der Waals surface area contributed by atoms with Crippen LogP contribution in [0.4, 0.5) is 18.0 Å². The number of nitrogens with zero attached hydrogens (tertiary/aromatic N) is 1. The van der Waals surface area contributed by atoms with Gasteiger partial charge in [-0.3, -0.25) is 4.90 Å². The van der Waals surface area contributed by atoms with Crippen molar-refractivity contribution >= 4 is 6.03 Å². The topological polar surface area (TPSA) is 44.4 Å². The largest absolute Gasteiger partial charge is 0.416 e. The van der Waals surface area contributed by atoms with E-state index in [1.54, 1.807) is 19.2 Å². The normalized spacial score (nSPS) is 22.7. The molecule has 1 heterocycles. The van der Waals surface area contributed by atoms with E-state index in [4.69, 9.17) is 0 Å². The lowest BCUT2D eigenvalue weighted by Crippen LogP contribution is -2.43. The van der Waals surface area contributed by atoms with Gasteiger partial charge in [0.05, 0.1) is 5.56 Å². The quantitative estimate of drug-likeness (QED) is 0.895. The highest BCUT2D eigenvalue weighted by molar-refractivity contribution is 5.73. The molecule has 1 aromatic carbocycles. The second-order valence-electron chi connectivity index (χ2n) is 5.91. The van der Waals surface area contributed by atoms with Crippen LogP contribution in [0, 0.1) is 5.92 Å². The Morgan fingerprint density at radius 2 is 1.96 bits per heavy atom. The van der Waals surface area contributed by atoms with Gasteiger partial charge in [-0.15, -0.1) is 0 Å². The van der Waals surface area contributed by atoms with Crippen molar-refractivity contribution in [2.75, 3.05) is 27.2 Å². The van der Waals surface area contributed by atoms with Gasteiger partial charge in [0, 0.05) is 19.6 Å². The first-order valence-electron chi connectivity index (χ1n) is 7.66. The van der Waals surface area contributed by atoms with Crippen LogP contribution in [-0.2, 0) is 6.18 Å². The summed E-state index contributed by atoms with van der Waals surface area (Å²) < 4.78 is 38.1. The Morgan fingerprint density at radius 1 is 1.30 bits per heavy atom. The molecule has 2 rings (SSSR count). The third kappa shape index (κ3) is 4.37. The smallest absolute Gasteiger partial charge is 0.341 e. The molecule has 1 saturated heterocycles. The fourth-order valence-electron chi connectivity index (χ4n) is 3.18. The predicted molar refractivity (Wildman–Crippen MR) is 82.0 cm³/mol. The number of rotatable bonds is 3. The molecule has 0 unspecified atom stereocenters. The Morgan fingerprint density at radius 3 is 2.52 bits per heavy atom. The number of carbonyl (C=O) groups excluding carboxylic acids is 1. The number of carbonyl (C=O) groups is 1. The van der Waals surface area contributed by atoms with Crippen LogP contribution in [0.3, 0.4) is 0 Å². The number of alkyl halides is 3. The lowest BCUT2D eigenvalue weighted by atomic mass is 9.84. The summed E-state index contributed by atoms with van der Waals surface area (Å²) in [4.78, 5) is 13.5. The molecule has 1 aliphatic heterocycles. The van der Waals surface area contributed by atoms with E-state index in [0.29, 0.717) is 6.54 Å². The molecule has 0 radical (unpaired) electrons. The number of nitrogens with one attached hydrogen (secondary N) is 2. The molecule has 0 saturated carbocycles. The van der Waals surface area contributed by atoms with Gasteiger partial charge < -0.3 is 10.6 Å². The van der Waals surface area contributed by atoms with Crippen LogP contribution in [0.25, 0.3) is 0 Å². The summed E-state index contributed by atoms with van der Waals surface area (Å²) >= 11 is 0. The van der Waals surface area contributed by atoms with Gasteiger partial charge in [0.25, 0.3) is 0 Å². The minimum Gasteiger partial charge on any atom is -0.341 e. The lowest BCUT2D eigenvalue weighted by molar-refractivity contribution is -0.137. The molecule has 1 fully saturated rings. The molecule has 1 aliphatic rings. The molecule has 2 atom stereocenters. The van der Waals surface area contributed by atoms with Crippen LogP contribution in [0.15, 0.2) is 24.3 Å². The summed E-state index contributed by atoms with van der Waals surface area (Å²) in [7, 11) is 3.52. The van der Waals surface area contributed by atoms with Crippen LogP contribution in [0.1, 0.15) is 30.0 Å². The van der Waals surface area contributed by atoms with Crippen molar-refractivity contribution in [3.8, 4) is 0 Å². The molecular formula is C16H22F3N3O. The van der Waals surface area contributed by atoms with Gasteiger partial charge >= 0.3 is 12.2 Å². The molecular weight excluding hydrogens is 307 g/mol. The molecule has 0 spiro atoms. The predicted octanol–water partition coefficient (Wildman–Crippen LogP) is 3.02. The summed E-state index contributed by atoms with van der Waals surface area (Å²) in [6.07, 6.45) is -2.38. The molecule has 128 valence electrons. The SMILES string of the molecule is CNC(=O)NC[C@H]1CCCN(C)[C@@H]1c1ccc(C(F)(F)F)cc1.